The van der Waals surface area contributed by atoms with Crippen molar-refractivity contribution in [2.45, 2.75) is 97.8 Å². The van der Waals surface area contributed by atoms with Crippen molar-refractivity contribution in [2.24, 2.45) is 5.73 Å². The van der Waals surface area contributed by atoms with Crippen LogP contribution >= 0.6 is 23.2 Å². The van der Waals surface area contributed by atoms with Crippen molar-refractivity contribution in [2.75, 3.05) is 0 Å². The number of nitrogens with one attached hydrogen (secondary N) is 2. The number of aryl methyl sites for hydroxylation is 3. The first-order valence-electron chi connectivity index (χ1n) is 23.2. The molecule has 1 amide bonds. The number of imidazole rings is 2. The Balaban J connectivity index is 0.000000134. The highest BCUT2D eigenvalue weighted by Crippen LogP contribution is 2.41. The van der Waals surface area contributed by atoms with E-state index in [-0.39, 0.29) is 11.5 Å². The number of rotatable bonds is 11. The Labute approximate surface area is 408 Å². The molecule has 9 aromatic rings. The Kier molecular flexibility index (Phi) is 12.5. The number of pyridine rings is 2. The molecule has 16 heteroatoms. The van der Waals surface area contributed by atoms with Gasteiger partial charge in [0.25, 0.3) is 5.91 Å². The summed E-state index contributed by atoms with van der Waals surface area (Å²) in [5.41, 5.74) is 23.3. The first kappa shape index (κ1) is 45.8. The first-order valence-corrected chi connectivity index (χ1v) is 24.0. The summed E-state index contributed by atoms with van der Waals surface area (Å²) >= 11 is 12.5. The summed E-state index contributed by atoms with van der Waals surface area (Å²) in [6.07, 6.45) is 24.5. The lowest BCUT2D eigenvalue weighted by atomic mass is 9.94. The molecule has 5 N–H and O–H groups in total. The van der Waals surface area contributed by atoms with Crippen LogP contribution in [0.5, 0.6) is 0 Å². The third-order valence-electron chi connectivity index (χ3n) is 13.5. The third-order valence-corrected chi connectivity index (χ3v) is 14.1. The average molecular weight is 963 g/mol. The summed E-state index contributed by atoms with van der Waals surface area (Å²) in [5.74, 6) is 0.293. The number of halogens is 2. The van der Waals surface area contributed by atoms with Gasteiger partial charge in [0.15, 0.2) is 0 Å². The third kappa shape index (κ3) is 9.69. The summed E-state index contributed by atoms with van der Waals surface area (Å²) in [7, 11) is 0. The van der Waals surface area contributed by atoms with Crippen molar-refractivity contribution < 1.29 is 14.7 Å². The molecule has 2 aromatic carbocycles. The molecular formula is C53H53Cl2N11O3. The molecule has 2 fully saturated rings. The van der Waals surface area contributed by atoms with Crippen LogP contribution in [0.2, 0.25) is 5.02 Å². The molecule has 0 radical (unpaired) electrons. The molecule has 0 aliphatic heterocycles. The van der Waals surface area contributed by atoms with Crippen LogP contribution in [-0.2, 0) is 32.6 Å². The van der Waals surface area contributed by atoms with Crippen LogP contribution in [0, 0.1) is 27.7 Å². The minimum Gasteiger partial charge on any atom is -0.478 e. The highest BCUT2D eigenvalue weighted by Gasteiger charge is 2.25. The van der Waals surface area contributed by atoms with E-state index in [1.807, 2.05) is 36.7 Å². The maximum absolute atomic E-state index is 12.8. The van der Waals surface area contributed by atoms with E-state index in [1.54, 1.807) is 28.0 Å². The van der Waals surface area contributed by atoms with Crippen molar-refractivity contribution in [1.29, 1.82) is 0 Å². The van der Waals surface area contributed by atoms with Gasteiger partial charge in [0, 0.05) is 72.4 Å². The number of carboxylic acids is 1. The van der Waals surface area contributed by atoms with Crippen LogP contribution in [0.25, 0.3) is 27.2 Å². The number of aromatic carboxylic acids is 1. The van der Waals surface area contributed by atoms with Gasteiger partial charge in [-0.05, 0) is 145 Å². The van der Waals surface area contributed by atoms with Gasteiger partial charge in [-0.15, -0.1) is 0 Å². The molecule has 3 aliphatic rings. The topological polar surface area (TPSA) is 178 Å². The fourth-order valence-corrected chi connectivity index (χ4v) is 10.1. The normalized spacial score (nSPS) is 14.1. The van der Waals surface area contributed by atoms with Gasteiger partial charge < -0.3 is 29.9 Å². The van der Waals surface area contributed by atoms with Crippen LogP contribution in [0.15, 0.2) is 98.2 Å². The maximum atomic E-state index is 12.8. The second-order valence-corrected chi connectivity index (χ2v) is 19.3. The standard InChI is InChI=1S/C26H25ClN6O.C15H14N4O2.C12H14ClN/c1-15-7-23-25(22(27)10-28-23)16(2)21(15)9-29-26(34)19-8-30-33(12-19)14-20-13-32-11-18(17-3-4-17)5-6-24(32)31-20;20-15(21)12-5-16-19(7-12)9-13-8-18-6-11(10-1-2-10)3-4-14(18)17-13;1-7-5-9-3-4-11(13)12(9)8(2)10(7)6-14/h5-8,10-13,17,28H,3-4,9,14H2,1-2H3,(H,29,34);3-8,10H,1-2,9H2,(H,20,21);4-5H,3,6,14H2,1-2H3. The summed E-state index contributed by atoms with van der Waals surface area (Å²) < 4.78 is 7.45. The minimum atomic E-state index is -0.967. The monoisotopic (exact) mass is 961 g/mol. The number of carbonyl (C=O) groups excluding carboxylic acids is 1. The molecule has 2 saturated carbocycles. The van der Waals surface area contributed by atoms with E-state index in [0.29, 0.717) is 48.6 Å². The number of aromatic nitrogens is 9. The quantitative estimate of drug-likeness (QED) is 0.0989. The summed E-state index contributed by atoms with van der Waals surface area (Å²) in [6.45, 7) is 10.3. The van der Waals surface area contributed by atoms with Crippen LogP contribution in [0.1, 0.15) is 125 Å². The largest absolute Gasteiger partial charge is 0.478 e. The fraction of sp³-hybridized carbons (Fsp3) is 0.283. The van der Waals surface area contributed by atoms with Gasteiger partial charge in [0.05, 0.1) is 53.0 Å². The number of fused-ring (bicyclic) bond motifs is 4. The zero-order valence-corrected chi connectivity index (χ0v) is 40.4. The zero-order chi connectivity index (χ0) is 48.1. The lowest BCUT2D eigenvalue weighted by Gasteiger charge is -2.13. The van der Waals surface area contributed by atoms with Crippen LogP contribution < -0.4 is 11.1 Å². The number of allylic oxidation sites excluding steroid dienone is 1. The predicted octanol–water partition coefficient (Wildman–Crippen LogP) is 10.2. The number of H-pyrrole nitrogens is 1. The van der Waals surface area contributed by atoms with Crippen molar-refractivity contribution in [3.8, 4) is 0 Å². The van der Waals surface area contributed by atoms with E-state index in [2.05, 4.69) is 92.5 Å². The molecule has 0 bridgehead atoms. The summed E-state index contributed by atoms with van der Waals surface area (Å²) in [6, 6.07) is 12.7. The van der Waals surface area contributed by atoms with Gasteiger partial charge in [0.2, 0.25) is 0 Å². The highest BCUT2D eigenvalue weighted by molar-refractivity contribution is 6.49. The molecule has 7 aromatic heterocycles. The Bertz CT molecular complexity index is 3470. The average Bonchev–Trinajstić information content (AvgIpc) is 3.96. The number of hydrogen-bond acceptors (Lipinski definition) is 7. The Morgan fingerprint density at radius 2 is 1.35 bits per heavy atom. The lowest BCUT2D eigenvalue weighted by Crippen LogP contribution is -2.23. The van der Waals surface area contributed by atoms with E-state index in [4.69, 9.17) is 39.0 Å². The molecule has 3 aliphatic carbocycles. The molecule has 14 nitrogen and oxygen atoms in total. The van der Waals surface area contributed by atoms with Gasteiger partial charge in [-0.2, -0.15) is 10.2 Å². The molecule has 0 atom stereocenters. The molecule has 352 valence electrons. The number of amides is 1. The van der Waals surface area contributed by atoms with Crippen LogP contribution in [-0.4, -0.2) is 60.3 Å². The molecule has 0 spiro atoms. The minimum absolute atomic E-state index is 0.158. The predicted molar refractivity (Wildman–Crippen MR) is 269 cm³/mol. The first-order chi connectivity index (χ1) is 33.3. The van der Waals surface area contributed by atoms with E-state index < -0.39 is 5.97 Å². The molecule has 0 saturated heterocycles. The van der Waals surface area contributed by atoms with Gasteiger partial charge in [-0.1, -0.05) is 47.5 Å². The number of nitrogens with two attached hydrogens (primary N) is 1. The number of hydrogen-bond donors (Lipinski definition) is 4. The van der Waals surface area contributed by atoms with Crippen molar-refractivity contribution in [3.05, 3.63) is 181 Å². The Hall–Kier alpha value is -7.00. The number of carbonyl (C=O) groups is 2. The Morgan fingerprint density at radius 1 is 0.768 bits per heavy atom. The zero-order valence-electron chi connectivity index (χ0n) is 38.9. The fourth-order valence-electron chi connectivity index (χ4n) is 9.47. The van der Waals surface area contributed by atoms with E-state index in [0.717, 1.165) is 61.7 Å². The van der Waals surface area contributed by atoms with Crippen LogP contribution in [0.3, 0.4) is 0 Å². The molecule has 12 rings (SSSR count). The van der Waals surface area contributed by atoms with Crippen LogP contribution in [0.4, 0.5) is 0 Å². The number of carboxylic acid groups (broad SMARTS) is 1. The van der Waals surface area contributed by atoms with Gasteiger partial charge in [-0.25, -0.2) is 14.8 Å². The molecule has 0 unspecified atom stereocenters. The number of nitrogens with zero attached hydrogens (tertiary/aromatic N) is 8. The van der Waals surface area contributed by atoms with Gasteiger partial charge in [0.1, 0.15) is 11.3 Å². The highest BCUT2D eigenvalue weighted by atomic mass is 35.5. The summed E-state index contributed by atoms with van der Waals surface area (Å²) in [5, 5.41) is 22.9. The van der Waals surface area contributed by atoms with E-state index in [9.17, 15) is 9.59 Å². The summed E-state index contributed by atoms with van der Waals surface area (Å²) in [4.78, 5) is 36.1. The number of aromatic amines is 1. The second-order valence-electron chi connectivity index (χ2n) is 18.5. The maximum Gasteiger partial charge on any atom is 0.338 e. The number of benzene rings is 2. The molecule has 69 heavy (non-hydrogen) atoms. The second kappa shape index (κ2) is 18.8. The van der Waals surface area contributed by atoms with Crippen molar-refractivity contribution >= 4 is 62.3 Å². The Morgan fingerprint density at radius 3 is 1.91 bits per heavy atom. The van der Waals surface area contributed by atoms with E-state index in [1.165, 1.54) is 77.0 Å². The molecular weight excluding hydrogens is 910 g/mol. The van der Waals surface area contributed by atoms with Crippen molar-refractivity contribution in [1.82, 2.24) is 48.6 Å². The lowest BCUT2D eigenvalue weighted by molar-refractivity contribution is 0.0696. The SMILES string of the molecule is Cc1cc2[nH]cc(Cl)c2c(C)c1CNC(=O)c1cnn(Cc2cn3cc(C4CC4)ccc3n2)c1.Cc1cc2c(c(C)c1CN)C(Cl)=CC2.O=C(O)c1cnn(Cc2cn3cc(C4CC4)ccc3n2)c1. The smallest absolute Gasteiger partial charge is 0.338 e. The van der Waals surface area contributed by atoms with Gasteiger partial charge >= 0.3 is 5.97 Å². The van der Waals surface area contributed by atoms with Gasteiger partial charge in [-0.3, -0.25) is 14.2 Å². The molecule has 7 heterocycles. The van der Waals surface area contributed by atoms with E-state index >= 15 is 0 Å². The van der Waals surface area contributed by atoms with Crippen molar-refractivity contribution in [3.63, 3.8) is 0 Å².